The molecule has 140 valence electrons. The first-order valence-corrected chi connectivity index (χ1v) is 9.17. The molecule has 2 heterocycles. The molecule has 5 nitrogen and oxygen atoms in total. The van der Waals surface area contributed by atoms with Gasteiger partial charge in [-0.05, 0) is 43.5 Å². The van der Waals surface area contributed by atoms with E-state index >= 15 is 0 Å². The number of benzene rings is 1. The van der Waals surface area contributed by atoms with Crippen LogP contribution >= 0.6 is 0 Å². The van der Waals surface area contributed by atoms with Crippen LogP contribution in [0.5, 0.6) is 0 Å². The van der Waals surface area contributed by atoms with Crippen LogP contribution in [0.15, 0.2) is 24.3 Å². The molecule has 1 saturated heterocycles. The van der Waals surface area contributed by atoms with Crippen molar-refractivity contribution in [2.45, 2.75) is 33.2 Å². The van der Waals surface area contributed by atoms with Crippen LogP contribution < -0.4 is 0 Å². The molecule has 0 radical (unpaired) electrons. The van der Waals surface area contributed by atoms with Gasteiger partial charge in [0.1, 0.15) is 5.82 Å². The smallest absolute Gasteiger partial charge is 0.222 e. The first-order valence-electron chi connectivity index (χ1n) is 9.17. The molecule has 1 fully saturated rings. The van der Waals surface area contributed by atoms with Gasteiger partial charge in [-0.15, -0.1) is 0 Å². The van der Waals surface area contributed by atoms with Crippen LogP contribution in [0.1, 0.15) is 28.9 Å². The van der Waals surface area contributed by atoms with Gasteiger partial charge in [-0.25, -0.2) is 4.39 Å². The van der Waals surface area contributed by atoms with E-state index in [1.807, 2.05) is 42.6 Å². The predicted octanol–water partition coefficient (Wildman–Crippen LogP) is 2.45. The van der Waals surface area contributed by atoms with Crippen LogP contribution in [-0.2, 0) is 24.8 Å². The first kappa shape index (κ1) is 18.6. The Labute approximate surface area is 154 Å². The number of halogens is 1. The fourth-order valence-electron chi connectivity index (χ4n) is 3.57. The van der Waals surface area contributed by atoms with Gasteiger partial charge in [-0.1, -0.05) is 12.1 Å². The van der Waals surface area contributed by atoms with Gasteiger partial charge in [0, 0.05) is 51.9 Å². The summed E-state index contributed by atoms with van der Waals surface area (Å²) >= 11 is 0. The van der Waals surface area contributed by atoms with Crippen LogP contribution in [0.25, 0.3) is 0 Å². The van der Waals surface area contributed by atoms with Crippen molar-refractivity contribution in [1.29, 1.82) is 0 Å². The molecule has 1 aromatic carbocycles. The van der Waals surface area contributed by atoms with Crippen LogP contribution in [0.2, 0.25) is 0 Å². The van der Waals surface area contributed by atoms with Crippen LogP contribution in [-0.4, -0.2) is 51.7 Å². The van der Waals surface area contributed by atoms with Gasteiger partial charge in [-0.3, -0.25) is 14.4 Å². The Morgan fingerprint density at radius 3 is 2.35 bits per heavy atom. The second kappa shape index (κ2) is 7.99. The van der Waals surface area contributed by atoms with Gasteiger partial charge < -0.3 is 4.90 Å². The van der Waals surface area contributed by atoms with Crippen LogP contribution in [0.4, 0.5) is 4.39 Å². The lowest BCUT2D eigenvalue weighted by molar-refractivity contribution is -0.133. The molecule has 1 aliphatic heterocycles. The van der Waals surface area contributed by atoms with E-state index in [4.69, 9.17) is 0 Å². The topological polar surface area (TPSA) is 41.4 Å². The maximum atomic E-state index is 13.0. The fourth-order valence-corrected chi connectivity index (χ4v) is 3.57. The third-order valence-corrected chi connectivity index (χ3v) is 5.29. The number of rotatable bonds is 5. The quantitative estimate of drug-likeness (QED) is 0.824. The number of aryl methyl sites for hydroxylation is 2. The number of aromatic nitrogens is 2. The molecule has 0 unspecified atom stereocenters. The second-order valence-electron chi connectivity index (χ2n) is 7.06. The highest BCUT2D eigenvalue weighted by atomic mass is 19.1. The molecular weight excluding hydrogens is 331 g/mol. The van der Waals surface area contributed by atoms with Gasteiger partial charge in [0.05, 0.1) is 5.69 Å². The second-order valence-corrected chi connectivity index (χ2v) is 7.06. The molecule has 1 aliphatic rings. The lowest BCUT2D eigenvalue weighted by Crippen LogP contribution is -2.48. The average Bonchev–Trinajstić information content (AvgIpc) is 2.87. The number of carbonyl (C=O) groups excluding carboxylic acids is 1. The number of carbonyl (C=O) groups is 1. The number of nitrogens with zero attached hydrogens (tertiary/aromatic N) is 4. The predicted molar refractivity (Wildman–Crippen MR) is 99.3 cm³/mol. The third kappa shape index (κ3) is 4.30. The van der Waals surface area contributed by atoms with Gasteiger partial charge in [0.2, 0.25) is 5.91 Å². The monoisotopic (exact) mass is 358 g/mol. The minimum Gasteiger partial charge on any atom is -0.340 e. The molecule has 26 heavy (non-hydrogen) atoms. The van der Waals surface area contributed by atoms with E-state index in [-0.39, 0.29) is 11.7 Å². The van der Waals surface area contributed by atoms with Crippen molar-refractivity contribution in [3.05, 3.63) is 52.6 Å². The Balaban J connectivity index is 1.46. The molecule has 0 saturated carbocycles. The summed E-state index contributed by atoms with van der Waals surface area (Å²) in [5.41, 5.74) is 4.45. The molecule has 0 aliphatic carbocycles. The number of hydrogen-bond donors (Lipinski definition) is 0. The fraction of sp³-hybridized carbons (Fsp3) is 0.500. The lowest BCUT2D eigenvalue weighted by atomic mass is 10.1. The Morgan fingerprint density at radius 2 is 1.77 bits per heavy atom. The molecular formula is C20H27FN4O. The van der Waals surface area contributed by atoms with Crippen molar-refractivity contribution in [1.82, 2.24) is 19.6 Å². The van der Waals surface area contributed by atoms with E-state index in [1.54, 1.807) is 0 Å². The Morgan fingerprint density at radius 1 is 1.12 bits per heavy atom. The van der Waals surface area contributed by atoms with Crippen molar-refractivity contribution >= 4 is 5.91 Å². The van der Waals surface area contributed by atoms with Crippen molar-refractivity contribution < 1.29 is 9.18 Å². The molecule has 0 N–H and O–H groups in total. The number of hydrogen-bond acceptors (Lipinski definition) is 3. The van der Waals surface area contributed by atoms with E-state index in [0.717, 1.165) is 56.1 Å². The van der Waals surface area contributed by atoms with Crippen molar-refractivity contribution in [3.63, 3.8) is 0 Å². The lowest BCUT2D eigenvalue weighted by Gasteiger charge is -2.34. The number of amides is 1. The molecule has 0 spiro atoms. The first-order chi connectivity index (χ1) is 12.4. The highest BCUT2D eigenvalue weighted by Crippen LogP contribution is 2.16. The summed E-state index contributed by atoms with van der Waals surface area (Å²) in [5.74, 6) is 0.0114. The molecule has 1 amide bonds. The number of piperazine rings is 1. The van der Waals surface area contributed by atoms with E-state index in [1.165, 1.54) is 17.7 Å². The Bertz CT molecular complexity index is 761. The zero-order valence-electron chi connectivity index (χ0n) is 15.8. The average molecular weight is 358 g/mol. The van der Waals surface area contributed by atoms with Crippen molar-refractivity contribution in [2.24, 2.45) is 7.05 Å². The van der Waals surface area contributed by atoms with E-state index in [9.17, 15) is 9.18 Å². The maximum absolute atomic E-state index is 13.0. The maximum Gasteiger partial charge on any atom is 0.222 e. The van der Waals surface area contributed by atoms with Gasteiger partial charge in [0.15, 0.2) is 0 Å². The standard InChI is InChI=1S/C20H27FN4O/c1-15-19(16(2)23(3)22-15)8-9-20(26)25-12-10-24(11-13-25)14-17-4-6-18(21)7-5-17/h4-7H,8-14H2,1-3H3. The molecule has 2 aromatic rings. The van der Waals surface area contributed by atoms with Crippen LogP contribution in [0.3, 0.4) is 0 Å². The largest absolute Gasteiger partial charge is 0.340 e. The Hall–Kier alpha value is -2.21. The summed E-state index contributed by atoms with van der Waals surface area (Å²) in [6.07, 6.45) is 1.28. The zero-order valence-corrected chi connectivity index (χ0v) is 15.8. The summed E-state index contributed by atoms with van der Waals surface area (Å²) in [5, 5.41) is 4.42. The van der Waals surface area contributed by atoms with Gasteiger partial charge in [0.25, 0.3) is 0 Å². The van der Waals surface area contributed by atoms with Crippen LogP contribution in [0, 0.1) is 19.7 Å². The van der Waals surface area contributed by atoms with Crippen molar-refractivity contribution in [3.8, 4) is 0 Å². The minimum absolute atomic E-state index is 0.205. The van der Waals surface area contributed by atoms with E-state index < -0.39 is 0 Å². The minimum atomic E-state index is -0.205. The highest BCUT2D eigenvalue weighted by molar-refractivity contribution is 5.76. The highest BCUT2D eigenvalue weighted by Gasteiger charge is 2.21. The summed E-state index contributed by atoms with van der Waals surface area (Å²) in [7, 11) is 1.94. The normalized spacial score (nSPS) is 15.5. The van der Waals surface area contributed by atoms with Crippen molar-refractivity contribution in [2.75, 3.05) is 26.2 Å². The van der Waals surface area contributed by atoms with Gasteiger partial charge in [-0.2, -0.15) is 5.10 Å². The van der Waals surface area contributed by atoms with E-state index in [0.29, 0.717) is 6.42 Å². The molecule has 0 atom stereocenters. The summed E-state index contributed by atoms with van der Waals surface area (Å²) < 4.78 is 14.9. The molecule has 3 rings (SSSR count). The molecule has 0 bridgehead atoms. The van der Waals surface area contributed by atoms with E-state index in [2.05, 4.69) is 10.00 Å². The molecule has 1 aromatic heterocycles. The molecule has 6 heteroatoms. The Kier molecular flexibility index (Phi) is 5.71. The SMILES string of the molecule is Cc1nn(C)c(C)c1CCC(=O)N1CCN(Cc2ccc(F)cc2)CC1. The summed E-state index contributed by atoms with van der Waals surface area (Å²) in [6, 6.07) is 6.64. The summed E-state index contributed by atoms with van der Waals surface area (Å²) in [4.78, 5) is 16.8. The van der Waals surface area contributed by atoms with Gasteiger partial charge >= 0.3 is 0 Å². The zero-order chi connectivity index (χ0) is 18.7. The summed E-state index contributed by atoms with van der Waals surface area (Å²) in [6.45, 7) is 8.07. The third-order valence-electron chi connectivity index (χ3n) is 5.29.